The second-order valence-electron chi connectivity index (χ2n) is 21.4. The fraction of sp³-hybridized carbons (Fsp3) is 0.950. The molecule has 11 atom stereocenters. The summed E-state index contributed by atoms with van der Waals surface area (Å²) in [6, 6.07) is 0. The lowest BCUT2D eigenvalue weighted by atomic mass is 9.37. The molecule has 0 nitrogen and oxygen atoms in total. The van der Waals surface area contributed by atoms with Gasteiger partial charge in [-0.15, -0.1) is 0 Å². The first kappa shape index (κ1) is 29.8. The third-order valence-electron chi connectivity index (χ3n) is 21.3. The third-order valence-corrected chi connectivity index (χ3v) is 21.3. The highest BCUT2D eigenvalue weighted by Gasteiger charge is 2.98. The molecule has 0 amide bonds. The summed E-state index contributed by atoms with van der Waals surface area (Å²) in [5.41, 5.74) is 3.27. The van der Waals surface area contributed by atoms with E-state index in [0.29, 0.717) is 16.2 Å². The van der Waals surface area contributed by atoms with Crippen LogP contribution >= 0.6 is 0 Å². The molecule has 11 unspecified atom stereocenters. The van der Waals surface area contributed by atoms with Gasteiger partial charge in [0.25, 0.3) is 0 Å². The van der Waals surface area contributed by atoms with Crippen LogP contribution in [0.15, 0.2) is 12.2 Å². The molecule has 0 aromatic rings. The summed E-state index contributed by atoms with van der Waals surface area (Å²) < 4.78 is 0. The number of fused-ring (bicyclic) bond motifs is 14. The van der Waals surface area contributed by atoms with Crippen LogP contribution in [-0.2, 0) is 0 Å². The highest BCUT2D eigenvalue weighted by atomic mass is 15.0. The van der Waals surface area contributed by atoms with E-state index in [2.05, 4.69) is 151 Å². The predicted molar refractivity (Wildman–Crippen MR) is 173 cm³/mol. The molecule has 40 heavy (non-hydrogen) atoms. The maximum absolute atomic E-state index is 2.88. The monoisotopic (exact) mass is 549 g/mol. The quantitative estimate of drug-likeness (QED) is 0.226. The van der Waals surface area contributed by atoms with Crippen molar-refractivity contribution in [3.05, 3.63) is 12.2 Å². The van der Waals surface area contributed by atoms with Crippen molar-refractivity contribution in [3.63, 3.8) is 0 Å². The van der Waals surface area contributed by atoms with Gasteiger partial charge in [-0.05, 0) is 107 Å². The normalized spacial score (nSPS) is 59.3. The first-order valence-corrected chi connectivity index (χ1v) is 17.2. The fourth-order valence-corrected chi connectivity index (χ4v) is 17.7. The van der Waals surface area contributed by atoms with E-state index in [-0.39, 0.29) is 48.7 Å². The standard InChI is InChI=1S/C40H68/c1-21-22-36(16)23-24-26(29(2,3)25(23)30(4,5)31(36,6)7)38(18)28-27(37(24,17)34(38,12)13)39(19)32(8,9)33(10,11)40(28,20)35(39,14)15/h21-28H,1-20H3/b22-21+. The Morgan fingerprint density at radius 2 is 0.825 bits per heavy atom. The molecule has 0 aromatic carbocycles. The summed E-state index contributed by atoms with van der Waals surface area (Å²) in [5.74, 6) is 4.46. The Bertz CT molecular complexity index is 1220. The van der Waals surface area contributed by atoms with Gasteiger partial charge in [-0.1, -0.05) is 144 Å². The second-order valence-corrected chi connectivity index (χ2v) is 21.4. The molecule has 6 aliphatic carbocycles. The Kier molecular flexibility index (Phi) is 4.88. The van der Waals surface area contributed by atoms with E-state index < -0.39 is 0 Å². The minimum atomic E-state index is 0.189. The SMILES string of the molecule is C/C=C/C1(C)C2C(C(C)(C)C3C2C2(C)C4C(C3(C)C2(C)C)C2(C)C(C)(C)C(C)(C)C4(C)C2(C)C)C(C)(C)C1(C)C. The summed E-state index contributed by atoms with van der Waals surface area (Å²) in [6.07, 6.45) is 5.11. The van der Waals surface area contributed by atoms with E-state index in [4.69, 9.17) is 0 Å². The molecule has 0 aliphatic heterocycles. The van der Waals surface area contributed by atoms with Crippen molar-refractivity contribution in [2.45, 2.75) is 138 Å². The van der Waals surface area contributed by atoms with Crippen LogP contribution in [-0.4, -0.2) is 0 Å². The first-order valence-electron chi connectivity index (χ1n) is 17.2. The predicted octanol–water partition coefficient (Wildman–Crippen LogP) is 11.6. The van der Waals surface area contributed by atoms with Crippen LogP contribution in [0.1, 0.15) is 138 Å². The molecule has 6 rings (SSSR count). The van der Waals surface area contributed by atoms with Crippen LogP contribution in [0.4, 0.5) is 0 Å². The molecule has 0 aromatic heterocycles. The lowest BCUT2D eigenvalue weighted by Gasteiger charge is -2.67. The average molecular weight is 549 g/mol. The average Bonchev–Trinajstić information content (AvgIpc) is 3.31. The molecule has 0 saturated heterocycles. The molecule has 4 bridgehead atoms. The number of hydrogen-bond acceptors (Lipinski definition) is 0. The fourth-order valence-electron chi connectivity index (χ4n) is 17.7. The van der Waals surface area contributed by atoms with Crippen molar-refractivity contribution >= 4 is 0 Å². The van der Waals surface area contributed by atoms with Crippen LogP contribution < -0.4 is 0 Å². The topological polar surface area (TPSA) is 0 Å². The van der Waals surface area contributed by atoms with Crippen molar-refractivity contribution in [2.75, 3.05) is 0 Å². The molecule has 0 radical (unpaired) electrons. The molecule has 228 valence electrons. The van der Waals surface area contributed by atoms with Gasteiger partial charge in [-0.25, -0.2) is 0 Å². The van der Waals surface area contributed by atoms with Gasteiger partial charge >= 0.3 is 0 Å². The third kappa shape index (κ3) is 1.97. The van der Waals surface area contributed by atoms with Gasteiger partial charge in [-0.2, -0.15) is 0 Å². The largest absolute Gasteiger partial charge is 0.0911 e. The molecule has 0 heteroatoms. The van der Waals surface area contributed by atoms with Crippen LogP contribution in [0, 0.1) is 100 Å². The zero-order valence-electron chi connectivity index (χ0n) is 30.6. The van der Waals surface area contributed by atoms with E-state index in [1.54, 1.807) is 0 Å². The molecule has 0 heterocycles. The first-order chi connectivity index (χ1) is 17.5. The molecule has 6 saturated carbocycles. The van der Waals surface area contributed by atoms with E-state index in [1.807, 2.05) is 0 Å². The van der Waals surface area contributed by atoms with Gasteiger partial charge in [-0.3, -0.25) is 0 Å². The summed E-state index contributed by atoms with van der Waals surface area (Å²) in [4.78, 5) is 0. The van der Waals surface area contributed by atoms with Crippen LogP contribution in [0.25, 0.3) is 0 Å². The van der Waals surface area contributed by atoms with Crippen LogP contribution in [0.5, 0.6) is 0 Å². The van der Waals surface area contributed by atoms with Crippen molar-refractivity contribution in [2.24, 2.45) is 100 Å². The smallest absolute Gasteiger partial charge is 0.00561 e. The second kappa shape index (κ2) is 6.56. The van der Waals surface area contributed by atoms with Gasteiger partial charge in [0.15, 0.2) is 0 Å². The maximum atomic E-state index is 2.88. The molecular formula is C40H68. The lowest BCUT2D eigenvalue weighted by Crippen LogP contribution is -2.62. The summed E-state index contributed by atoms with van der Waals surface area (Å²) in [6.45, 7) is 54.2. The van der Waals surface area contributed by atoms with Gasteiger partial charge in [0.2, 0.25) is 0 Å². The van der Waals surface area contributed by atoms with E-state index in [1.165, 1.54) is 0 Å². The lowest BCUT2D eigenvalue weighted by molar-refractivity contribution is -0.196. The van der Waals surface area contributed by atoms with Crippen LogP contribution in [0.3, 0.4) is 0 Å². The summed E-state index contributed by atoms with van der Waals surface area (Å²) in [5, 5.41) is 0. The Hall–Kier alpha value is -0.260. The molecule has 0 N–H and O–H groups in total. The molecule has 6 fully saturated rings. The minimum absolute atomic E-state index is 0.189. The van der Waals surface area contributed by atoms with Gasteiger partial charge in [0.1, 0.15) is 0 Å². The van der Waals surface area contributed by atoms with E-state index in [9.17, 15) is 0 Å². The Morgan fingerprint density at radius 3 is 1.25 bits per heavy atom. The molecule has 0 spiro atoms. The maximum Gasteiger partial charge on any atom is -0.00561 e. The Morgan fingerprint density at radius 1 is 0.400 bits per heavy atom. The molecule has 6 aliphatic rings. The van der Waals surface area contributed by atoms with Gasteiger partial charge in [0, 0.05) is 0 Å². The van der Waals surface area contributed by atoms with Crippen molar-refractivity contribution in [3.8, 4) is 0 Å². The van der Waals surface area contributed by atoms with E-state index in [0.717, 1.165) is 35.5 Å². The van der Waals surface area contributed by atoms with Gasteiger partial charge < -0.3 is 0 Å². The zero-order valence-corrected chi connectivity index (χ0v) is 30.6. The minimum Gasteiger partial charge on any atom is -0.0911 e. The Labute approximate surface area is 250 Å². The molecular weight excluding hydrogens is 480 g/mol. The highest BCUT2D eigenvalue weighted by Crippen LogP contribution is 3.02. The van der Waals surface area contributed by atoms with Gasteiger partial charge in [0.05, 0.1) is 0 Å². The van der Waals surface area contributed by atoms with Crippen molar-refractivity contribution in [1.82, 2.24) is 0 Å². The number of hydrogen-bond donors (Lipinski definition) is 0. The van der Waals surface area contributed by atoms with Crippen molar-refractivity contribution < 1.29 is 0 Å². The zero-order chi connectivity index (χ0) is 30.9. The summed E-state index contributed by atoms with van der Waals surface area (Å²) in [7, 11) is 0. The van der Waals surface area contributed by atoms with Crippen molar-refractivity contribution in [1.29, 1.82) is 0 Å². The summed E-state index contributed by atoms with van der Waals surface area (Å²) >= 11 is 0. The Balaban J connectivity index is 1.74. The van der Waals surface area contributed by atoms with Crippen LogP contribution in [0.2, 0.25) is 0 Å². The number of rotatable bonds is 1. The number of allylic oxidation sites excluding steroid dienone is 2. The highest BCUT2D eigenvalue weighted by molar-refractivity contribution is 5.45. The van der Waals surface area contributed by atoms with E-state index >= 15 is 0 Å².